The molecular weight excluding hydrogens is 160 g/mol. The molecule has 2 heteroatoms. The second-order valence-corrected chi connectivity index (χ2v) is 3.02. The van der Waals surface area contributed by atoms with Crippen LogP contribution in [0.15, 0.2) is 47.5 Å². The average Bonchev–Trinajstić information content (AvgIpc) is 2.21. The van der Waals surface area contributed by atoms with Crippen LogP contribution < -0.4 is 5.32 Å². The summed E-state index contributed by atoms with van der Waals surface area (Å²) in [5.41, 5.74) is 1.15. The van der Waals surface area contributed by atoms with Crippen molar-refractivity contribution < 1.29 is 0 Å². The molecule has 2 nitrogen and oxygen atoms in total. The standard InChI is InChI=1S/C11H12N2/c1-2-5-10(6-3-1)13-11-7-4-8-12-9-11/h1-8,11,13H,9H2. The Kier molecular flexibility index (Phi) is 2.41. The fourth-order valence-corrected chi connectivity index (χ4v) is 1.32. The first-order valence-corrected chi connectivity index (χ1v) is 4.43. The first-order valence-electron chi connectivity index (χ1n) is 4.43. The maximum Gasteiger partial charge on any atom is 0.0643 e. The largest absolute Gasteiger partial charge is 0.377 e. The number of nitrogens with zero attached hydrogens (tertiary/aromatic N) is 1. The third-order valence-corrected chi connectivity index (χ3v) is 1.96. The molecule has 1 aliphatic heterocycles. The van der Waals surface area contributed by atoms with Crippen molar-refractivity contribution in [3.8, 4) is 0 Å². The normalized spacial score (nSPS) is 20.2. The van der Waals surface area contributed by atoms with Crippen LogP contribution in [0, 0.1) is 0 Å². The molecule has 0 spiro atoms. The molecule has 1 N–H and O–H groups in total. The van der Waals surface area contributed by atoms with Crippen molar-refractivity contribution in [2.24, 2.45) is 4.99 Å². The molecule has 0 amide bonds. The molecule has 1 aromatic rings. The number of aliphatic imine (C=N–C) groups is 1. The molecule has 13 heavy (non-hydrogen) atoms. The first-order chi connectivity index (χ1) is 6.45. The quantitative estimate of drug-likeness (QED) is 0.726. The molecule has 0 fully saturated rings. The Bertz CT molecular complexity index is 314. The van der Waals surface area contributed by atoms with E-state index in [1.807, 2.05) is 30.5 Å². The zero-order valence-electron chi connectivity index (χ0n) is 7.35. The monoisotopic (exact) mass is 172 g/mol. The van der Waals surface area contributed by atoms with Gasteiger partial charge in [-0.3, -0.25) is 4.99 Å². The van der Waals surface area contributed by atoms with Gasteiger partial charge in [-0.1, -0.05) is 24.3 Å². The molecule has 0 aliphatic carbocycles. The van der Waals surface area contributed by atoms with Gasteiger partial charge in [-0.2, -0.15) is 0 Å². The van der Waals surface area contributed by atoms with Gasteiger partial charge in [-0.05, 0) is 18.2 Å². The van der Waals surface area contributed by atoms with Crippen molar-refractivity contribution >= 4 is 11.9 Å². The highest BCUT2D eigenvalue weighted by molar-refractivity contribution is 5.72. The van der Waals surface area contributed by atoms with Crippen molar-refractivity contribution in [1.29, 1.82) is 0 Å². The third-order valence-electron chi connectivity index (χ3n) is 1.96. The molecule has 2 rings (SSSR count). The van der Waals surface area contributed by atoms with Gasteiger partial charge < -0.3 is 5.32 Å². The zero-order chi connectivity index (χ0) is 8.93. The molecule has 0 bridgehead atoms. The highest BCUT2D eigenvalue weighted by Crippen LogP contribution is 2.08. The number of anilines is 1. The van der Waals surface area contributed by atoms with E-state index in [4.69, 9.17) is 0 Å². The van der Waals surface area contributed by atoms with E-state index in [1.165, 1.54) is 0 Å². The predicted octanol–water partition coefficient (Wildman–Crippen LogP) is 2.11. The Balaban J connectivity index is 1.99. The molecular formula is C11H12N2. The summed E-state index contributed by atoms with van der Waals surface area (Å²) in [5, 5.41) is 3.38. The number of dihydropyridines is 1. The van der Waals surface area contributed by atoms with Crippen LogP contribution in [0.2, 0.25) is 0 Å². The van der Waals surface area contributed by atoms with Crippen LogP contribution >= 0.6 is 0 Å². The second-order valence-electron chi connectivity index (χ2n) is 3.02. The predicted molar refractivity (Wildman–Crippen MR) is 56.4 cm³/mol. The number of nitrogens with one attached hydrogen (secondary N) is 1. The van der Waals surface area contributed by atoms with Crippen molar-refractivity contribution in [3.63, 3.8) is 0 Å². The summed E-state index contributed by atoms with van der Waals surface area (Å²) in [6.45, 7) is 0.825. The fraction of sp³-hybridized carbons (Fsp3) is 0.182. The van der Waals surface area contributed by atoms with E-state index < -0.39 is 0 Å². The average molecular weight is 172 g/mol. The molecule has 66 valence electrons. The number of rotatable bonds is 2. The van der Waals surface area contributed by atoms with E-state index >= 15 is 0 Å². The van der Waals surface area contributed by atoms with Gasteiger partial charge in [-0.25, -0.2) is 0 Å². The first kappa shape index (κ1) is 8.05. The van der Waals surface area contributed by atoms with E-state index in [0.717, 1.165) is 12.2 Å². The lowest BCUT2D eigenvalue weighted by Gasteiger charge is -2.15. The minimum atomic E-state index is 0.340. The summed E-state index contributed by atoms with van der Waals surface area (Å²) in [4.78, 5) is 4.18. The smallest absolute Gasteiger partial charge is 0.0643 e. The van der Waals surface area contributed by atoms with Crippen LogP contribution in [-0.2, 0) is 0 Å². The van der Waals surface area contributed by atoms with Crippen LogP contribution in [0.4, 0.5) is 5.69 Å². The van der Waals surface area contributed by atoms with Gasteiger partial charge >= 0.3 is 0 Å². The molecule has 0 aromatic heterocycles. The third kappa shape index (κ3) is 2.18. The van der Waals surface area contributed by atoms with Gasteiger partial charge in [0.25, 0.3) is 0 Å². The highest BCUT2D eigenvalue weighted by atomic mass is 14.9. The Morgan fingerprint density at radius 3 is 2.77 bits per heavy atom. The summed E-state index contributed by atoms with van der Waals surface area (Å²) in [6.07, 6.45) is 5.94. The Morgan fingerprint density at radius 1 is 1.23 bits per heavy atom. The zero-order valence-corrected chi connectivity index (χ0v) is 7.35. The summed E-state index contributed by atoms with van der Waals surface area (Å²) < 4.78 is 0. The van der Waals surface area contributed by atoms with Crippen LogP contribution in [-0.4, -0.2) is 18.8 Å². The van der Waals surface area contributed by atoms with Gasteiger partial charge in [-0.15, -0.1) is 0 Å². The lowest BCUT2D eigenvalue weighted by atomic mass is 10.2. The molecule has 1 aliphatic rings. The van der Waals surface area contributed by atoms with Crippen molar-refractivity contribution in [2.75, 3.05) is 11.9 Å². The molecule has 0 radical (unpaired) electrons. The number of hydrogen-bond donors (Lipinski definition) is 1. The van der Waals surface area contributed by atoms with Gasteiger partial charge in [0.2, 0.25) is 0 Å². The van der Waals surface area contributed by atoms with Crippen LogP contribution in [0.1, 0.15) is 0 Å². The van der Waals surface area contributed by atoms with Crippen molar-refractivity contribution in [3.05, 3.63) is 42.5 Å². The van der Waals surface area contributed by atoms with E-state index in [-0.39, 0.29) is 0 Å². The molecule has 1 atom stereocenters. The van der Waals surface area contributed by atoms with Gasteiger partial charge in [0.05, 0.1) is 12.6 Å². The highest BCUT2D eigenvalue weighted by Gasteiger charge is 2.03. The summed E-state index contributed by atoms with van der Waals surface area (Å²) in [6, 6.07) is 10.5. The molecule has 0 saturated heterocycles. The van der Waals surface area contributed by atoms with Crippen LogP contribution in [0.3, 0.4) is 0 Å². The summed E-state index contributed by atoms with van der Waals surface area (Å²) in [7, 11) is 0. The maximum absolute atomic E-state index is 4.18. The summed E-state index contributed by atoms with van der Waals surface area (Å²) in [5.74, 6) is 0. The summed E-state index contributed by atoms with van der Waals surface area (Å²) >= 11 is 0. The topological polar surface area (TPSA) is 24.4 Å². The van der Waals surface area contributed by atoms with Crippen LogP contribution in [0.25, 0.3) is 0 Å². The second kappa shape index (κ2) is 3.90. The molecule has 1 heterocycles. The number of hydrogen-bond acceptors (Lipinski definition) is 2. The van der Waals surface area contributed by atoms with Gasteiger partial charge in [0, 0.05) is 11.9 Å². The minimum Gasteiger partial charge on any atom is -0.377 e. The Morgan fingerprint density at radius 2 is 2.08 bits per heavy atom. The van der Waals surface area contributed by atoms with Gasteiger partial charge in [0.15, 0.2) is 0 Å². The lowest BCUT2D eigenvalue weighted by molar-refractivity contribution is 0.872. The molecule has 1 unspecified atom stereocenters. The number of allylic oxidation sites excluding steroid dienone is 1. The Labute approximate surface area is 78.0 Å². The maximum atomic E-state index is 4.18. The van der Waals surface area contributed by atoms with E-state index in [2.05, 4.69) is 28.5 Å². The fourth-order valence-electron chi connectivity index (χ4n) is 1.32. The SMILES string of the molecule is C1=CC(Nc2ccccc2)CN=C1. The minimum absolute atomic E-state index is 0.340. The Hall–Kier alpha value is -1.57. The van der Waals surface area contributed by atoms with Crippen molar-refractivity contribution in [1.82, 2.24) is 0 Å². The van der Waals surface area contributed by atoms with E-state index in [9.17, 15) is 0 Å². The molecule has 0 saturated carbocycles. The molecule has 1 aromatic carbocycles. The lowest BCUT2D eigenvalue weighted by Crippen LogP contribution is -2.21. The van der Waals surface area contributed by atoms with Crippen LogP contribution in [0.5, 0.6) is 0 Å². The number of benzene rings is 1. The van der Waals surface area contributed by atoms with E-state index in [1.54, 1.807) is 0 Å². The van der Waals surface area contributed by atoms with Gasteiger partial charge in [0.1, 0.15) is 0 Å². The number of para-hydroxylation sites is 1. The van der Waals surface area contributed by atoms with E-state index in [0.29, 0.717) is 6.04 Å². The van der Waals surface area contributed by atoms with Crippen molar-refractivity contribution in [2.45, 2.75) is 6.04 Å².